The molecule has 0 unspecified atom stereocenters. The van der Waals surface area contributed by atoms with Gasteiger partial charge in [-0.1, -0.05) is 36.4 Å². The van der Waals surface area contributed by atoms with E-state index in [-0.39, 0.29) is 11.8 Å². The Hall–Kier alpha value is -5.14. The Morgan fingerprint density at radius 3 is 2.55 bits per heavy atom. The number of hydrogen-bond acceptors (Lipinski definition) is 7. The molecule has 1 saturated heterocycles. The fraction of sp³-hybridized carbons (Fsp3) is 0.206. The molecule has 0 saturated carbocycles. The summed E-state index contributed by atoms with van der Waals surface area (Å²) in [5, 5.41) is 14.0. The van der Waals surface area contributed by atoms with E-state index < -0.39 is 17.8 Å². The van der Waals surface area contributed by atoms with Gasteiger partial charge in [-0.15, -0.1) is 0 Å². The first kappa shape index (κ1) is 29.0. The van der Waals surface area contributed by atoms with Crippen LogP contribution < -0.4 is 15.8 Å². The van der Waals surface area contributed by atoms with Crippen molar-refractivity contribution in [2.24, 2.45) is 0 Å². The van der Waals surface area contributed by atoms with Crippen LogP contribution in [-0.4, -0.2) is 29.3 Å². The van der Waals surface area contributed by atoms with E-state index in [1.165, 1.54) is 12.4 Å². The number of nitrogen functional groups attached to an aromatic ring is 1. The second-order valence-corrected chi connectivity index (χ2v) is 10.7. The monoisotopic (exact) mass is 595 g/mol. The molecule has 1 aliphatic rings. The number of nitrogens with two attached hydrogens (primary N) is 1. The lowest BCUT2D eigenvalue weighted by Gasteiger charge is -2.20. The topological polar surface area (TPSA) is 106 Å². The van der Waals surface area contributed by atoms with Gasteiger partial charge in [0, 0.05) is 28.6 Å². The van der Waals surface area contributed by atoms with Gasteiger partial charge in [0.1, 0.15) is 24.0 Å². The molecule has 0 spiro atoms. The van der Waals surface area contributed by atoms with Crippen molar-refractivity contribution in [3.8, 4) is 34.1 Å². The first-order chi connectivity index (χ1) is 21.2. The molecule has 44 heavy (non-hydrogen) atoms. The summed E-state index contributed by atoms with van der Waals surface area (Å²) in [4.78, 5) is 8.78. The number of nitriles is 1. The molecular weight excluding hydrogens is 567 g/mol. The van der Waals surface area contributed by atoms with Crippen LogP contribution in [0.1, 0.15) is 36.1 Å². The fourth-order valence-corrected chi connectivity index (χ4v) is 5.35. The molecule has 1 aliphatic heterocycles. The van der Waals surface area contributed by atoms with Gasteiger partial charge in [0.15, 0.2) is 0 Å². The van der Waals surface area contributed by atoms with Crippen LogP contribution in [0.2, 0.25) is 0 Å². The van der Waals surface area contributed by atoms with Crippen LogP contribution in [0.5, 0.6) is 5.75 Å². The van der Waals surface area contributed by atoms with Crippen LogP contribution >= 0.6 is 0 Å². The van der Waals surface area contributed by atoms with E-state index in [1.807, 2.05) is 54.6 Å². The molecule has 0 bridgehead atoms. The number of hydrogen-bond donors (Lipinski definition) is 2. The van der Waals surface area contributed by atoms with Crippen LogP contribution in [0.4, 0.5) is 24.7 Å². The van der Waals surface area contributed by atoms with Gasteiger partial charge in [0.25, 0.3) is 0 Å². The number of nitrogens with one attached hydrogen (secondary N) is 1. The molecule has 7 nitrogen and oxygen atoms in total. The van der Waals surface area contributed by atoms with Gasteiger partial charge in [0.05, 0.1) is 42.0 Å². The molecule has 10 heteroatoms. The van der Waals surface area contributed by atoms with E-state index in [2.05, 4.69) is 21.4 Å². The van der Waals surface area contributed by atoms with Crippen molar-refractivity contribution < 1.29 is 22.6 Å². The highest BCUT2D eigenvalue weighted by Gasteiger charge is 2.31. The van der Waals surface area contributed by atoms with Crippen molar-refractivity contribution >= 4 is 22.4 Å². The molecule has 5 aromatic rings. The van der Waals surface area contributed by atoms with Gasteiger partial charge in [-0.25, -0.2) is 9.97 Å². The summed E-state index contributed by atoms with van der Waals surface area (Å²) in [6.07, 6.45) is -2.57. The average molecular weight is 596 g/mol. The van der Waals surface area contributed by atoms with Gasteiger partial charge in [-0.2, -0.15) is 18.4 Å². The van der Waals surface area contributed by atoms with Crippen molar-refractivity contribution in [2.45, 2.75) is 31.7 Å². The summed E-state index contributed by atoms with van der Waals surface area (Å²) < 4.78 is 52.4. The Morgan fingerprint density at radius 1 is 1.00 bits per heavy atom. The predicted octanol–water partition coefficient (Wildman–Crippen LogP) is 7.78. The molecule has 2 atom stereocenters. The number of benzene rings is 4. The zero-order chi connectivity index (χ0) is 30.8. The molecule has 2 heterocycles. The SMILES string of the molecule is C[C@@H](Nc1ncnc2cc(C#N)c(-c3ccc(-c4ccccc4)cc3O[C@H]3CCOC3)cc12)c1cc(N)cc(C(F)(F)F)c1. The zero-order valence-electron chi connectivity index (χ0n) is 23.7. The highest BCUT2D eigenvalue weighted by Crippen LogP contribution is 2.40. The third-order valence-corrected chi connectivity index (χ3v) is 7.61. The van der Waals surface area contributed by atoms with Crippen LogP contribution in [0, 0.1) is 11.3 Å². The van der Waals surface area contributed by atoms with E-state index in [4.69, 9.17) is 15.2 Å². The fourth-order valence-electron chi connectivity index (χ4n) is 5.35. The Bertz CT molecular complexity index is 1870. The summed E-state index contributed by atoms with van der Waals surface area (Å²) in [5.41, 5.74) is 9.55. The molecule has 0 aliphatic carbocycles. The number of halogens is 3. The lowest BCUT2D eigenvalue weighted by molar-refractivity contribution is -0.137. The van der Waals surface area contributed by atoms with E-state index in [9.17, 15) is 18.4 Å². The van der Waals surface area contributed by atoms with E-state index in [1.54, 1.807) is 13.0 Å². The molecule has 6 rings (SSSR count). The van der Waals surface area contributed by atoms with Gasteiger partial charge in [0.2, 0.25) is 0 Å². The molecular formula is C34H28F3N5O2. The van der Waals surface area contributed by atoms with E-state index in [0.717, 1.165) is 29.7 Å². The minimum absolute atomic E-state index is 0.0103. The number of ether oxygens (including phenoxy) is 2. The largest absolute Gasteiger partial charge is 0.487 e. The van der Waals surface area contributed by atoms with Gasteiger partial charge in [-0.3, -0.25) is 0 Å². The Balaban J connectivity index is 1.43. The quantitative estimate of drug-likeness (QED) is 0.185. The summed E-state index contributed by atoms with van der Waals surface area (Å²) >= 11 is 0. The van der Waals surface area contributed by atoms with Gasteiger partial charge >= 0.3 is 6.18 Å². The number of aromatic nitrogens is 2. The van der Waals surface area contributed by atoms with Crippen molar-refractivity contribution in [1.82, 2.24) is 9.97 Å². The number of nitrogens with zero attached hydrogens (tertiary/aromatic N) is 3. The van der Waals surface area contributed by atoms with Crippen molar-refractivity contribution in [3.05, 3.63) is 102 Å². The standard InChI is InChI=1S/C34H28F3N5O2/c1-20(23-11-25(34(35,36)37)15-26(39)12-23)42-33-30-16-29(24(17-38)13-31(30)40-19-41-33)28-8-7-22(21-5-3-2-4-6-21)14-32(28)44-27-9-10-43-18-27/h2-8,11-16,19-20,27H,9-10,18,39H2,1H3,(H,40,41,42)/t20-,27+/m1/s1. The normalized spacial score (nSPS) is 15.6. The van der Waals surface area contributed by atoms with Crippen molar-refractivity contribution in [2.75, 3.05) is 24.3 Å². The first-order valence-electron chi connectivity index (χ1n) is 14.1. The van der Waals surface area contributed by atoms with Gasteiger partial charge in [-0.05, 0) is 66.1 Å². The van der Waals surface area contributed by atoms with Crippen LogP contribution in [-0.2, 0) is 10.9 Å². The summed E-state index contributed by atoms with van der Waals surface area (Å²) in [6.45, 7) is 2.81. The van der Waals surface area contributed by atoms with Crippen molar-refractivity contribution in [3.63, 3.8) is 0 Å². The number of rotatable bonds is 7. The number of alkyl halides is 3. The lowest BCUT2D eigenvalue weighted by atomic mass is 9.94. The number of fused-ring (bicyclic) bond motifs is 1. The maximum absolute atomic E-state index is 13.5. The minimum Gasteiger partial charge on any atom is -0.487 e. The average Bonchev–Trinajstić information content (AvgIpc) is 3.53. The number of anilines is 2. The Morgan fingerprint density at radius 2 is 1.82 bits per heavy atom. The third-order valence-electron chi connectivity index (χ3n) is 7.61. The van der Waals surface area contributed by atoms with Gasteiger partial charge < -0.3 is 20.5 Å². The molecule has 3 N–H and O–H groups in total. The maximum Gasteiger partial charge on any atom is 0.416 e. The van der Waals surface area contributed by atoms with Crippen LogP contribution in [0.3, 0.4) is 0 Å². The second-order valence-electron chi connectivity index (χ2n) is 10.7. The molecule has 0 radical (unpaired) electrons. The predicted molar refractivity (Wildman–Crippen MR) is 163 cm³/mol. The Labute approximate surface area is 252 Å². The van der Waals surface area contributed by atoms with Crippen molar-refractivity contribution in [1.29, 1.82) is 5.26 Å². The second kappa shape index (κ2) is 11.9. The lowest BCUT2D eigenvalue weighted by Crippen LogP contribution is -2.16. The molecule has 4 aromatic carbocycles. The first-order valence-corrected chi connectivity index (χ1v) is 14.1. The zero-order valence-corrected chi connectivity index (χ0v) is 23.7. The minimum atomic E-state index is -4.53. The third kappa shape index (κ3) is 6.00. The van der Waals surface area contributed by atoms with E-state index >= 15 is 0 Å². The van der Waals surface area contributed by atoms with Crippen LogP contribution in [0.15, 0.2) is 85.2 Å². The summed E-state index contributed by atoms with van der Waals surface area (Å²) in [5.74, 6) is 1.01. The summed E-state index contributed by atoms with van der Waals surface area (Å²) in [7, 11) is 0. The van der Waals surface area contributed by atoms with Crippen LogP contribution in [0.25, 0.3) is 33.2 Å². The molecule has 0 amide bonds. The summed E-state index contributed by atoms with van der Waals surface area (Å²) in [6, 6.07) is 24.5. The molecule has 1 aromatic heterocycles. The maximum atomic E-state index is 13.5. The highest BCUT2D eigenvalue weighted by atomic mass is 19.4. The Kier molecular flexibility index (Phi) is 7.80. The van der Waals surface area contributed by atoms with E-state index in [0.29, 0.717) is 57.9 Å². The molecule has 222 valence electrons. The molecule has 1 fully saturated rings. The highest BCUT2D eigenvalue weighted by molar-refractivity contribution is 5.96. The smallest absolute Gasteiger partial charge is 0.416 e.